The van der Waals surface area contributed by atoms with E-state index in [0.717, 1.165) is 23.5 Å². The average molecular weight is 1040 g/mol. The second-order valence-electron chi connectivity index (χ2n) is 16.3. The summed E-state index contributed by atoms with van der Waals surface area (Å²) < 4.78 is 76.0. The molecule has 0 aliphatic rings. The molecule has 0 bridgehead atoms. The van der Waals surface area contributed by atoms with Crippen molar-refractivity contribution in [3.05, 3.63) is 200 Å². The molecule has 0 radical (unpaired) electrons. The monoisotopic (exact) mass is 1030 g/mol. The molecule has 0 unspecified atom stereocenters. The summed E-state index contributed by atoms with van der Waals surface area (Å²) in [6, 6.07) is 34.7. The Morgan fingerprint density at radius 1 is 0.562 bits per heavy atom. The third-order valence-electron chi connectivity index (χ3n) is 11.2. The van der Waals surface area contributed by atoms with Crippen molar-refractivity contribution in [1.82, 2.24) is 9.13 Å². The Hall–Kier alpha value is -8.34. The largest absolute Gasteiger partial charge is 0.488 e. The molecule has 12 nitrogen and oxygen atoms in total. The summed E-state index contributed by atoms with van der Waals surface area (Å²) >= 11 is 12.6. The van der Waals surface area contributed by atoms with Crippen LogP contribution >= 0.6 is 23.2 Å². The van der Waals surface area contributed by atoms with Gasteiger partial charge in [-0.1, -0.05) is 47.5 Å². The number of anilines is 2. The molecule has 18 heteroatoms. The first-order valence-corrected chi connectivity index (χ1v) is 22.8. The first-order chi connectivity index (χ1) is 34.8. The number of aromatic nitrogens is 2. The maximum Gasteiger partial charge on any atom is 0.340 e. The van der Waals surface area contributed by atoms with E-state index >= 15 is 0 Å². The lowest BCUT2D eigenvalue weighted by atomic mass is 10.1. The number of benzene rings is 6. The molecule has 2 amide bonds. The quantitative estimate of drug-likeness (QED) is 0.0720. The number of esters is 1. The molecule has 0 atom stereocenters. The van der Waals surface area contributed by atoms with Gasteiger partial charge < -0.3 is 39.1 Å². The number of halogens is 6. The molecule has 2 heterocycles. The average Bonchev–Trinajstić information content (AvgIpc) is 3.94. The summed E-state index contributed by atoms with van der Waals surface area (Å²) in [5, 5.41) is 15.7. The number of ether oxygens (including phenoxy) is 3. The minimum absolute atomic E-state index is 0.0575. The fraction of sp³-hybridized carbons (Fsp3) is 0.127. The highest BCUT2D eigenvalue weighted by atomic mass is 35.5. The van der Waals surface area contributed by atoms with Crippen LogP contribution in [0.1, 0.15) is 57.1 Å². The molecule has 8 rings (SSSR count). The number of rotatable bonds is 14. The minimum atomic E-state index is -1.20. The molecule has 0 aliphatic carbocycles. The van der Waals surface area contributed by atoms with Crippen LogP contribution in [0.25, 0.3) is 33.9 Å². The second-order valence-corrected chi connectivity index (χ2v) is 17.2. The number of carboxylic acids is 1. The highest BCUT2D eigenvalue weighted by Crippen LogP contribution is 2.39. The van der Waals surface area contributed by atoms with Gasteiger partial charge in [0.15, 0.2) is 23.3 Å². The number of carbonyl (C=O) groups excluding carboxylic acids is 3. The lowest BCUT2D eigenvalue weighted by molar-refractivity contribution is -0.115. The fourth-order valence-electron chi connectivity index (χ4n) is 7.87. The number of hydrogen-bond donors (Lipinski definition) is 3. The van der Waals surface area contributed by atoms with Gasteiger partial charge in [0.1, 0.15) is 24.7 Å². The van der Waals surface area contributed by atoms with Crippen LogP contribution in [-0.2, 0) is 27.5 Å². The number of aryl methyl sites for hydroxylation is 2. The van der Waals surface area contributed by atoms with Gasteiger partial charge in [0.2, 0.25) is 11.8 Å². The number of hydrogen-bond acceptors (Lipinski definition) is 7. The highest BCUT2D eigenvalue weighted by molar-refractivity contribution is 6.31. The van der Waals surface area contributed by atoms with E-state index in [-0.39, 0.29) is 47.1 Å². The normalized spacial score (nSPS) is 10.8. The van der Waals surface area contributed by atoms with Crippen LogP contribution in [-0.4, -0.2) is 45.1 Å². The predicted octanol–water partition coefficient (Wildman–Crippen LogP) is 13.3. The van der Waals surface area contributed by atoms with Gasteiger partial charge in [0, 0.05) is 68.9 Å². The zero-order valence-electron chi connectivity index (χ0n) is 39.6. The lowest BCUT2D eigenvalue weighted by Crippen LogP contribution is -2.13. The Labute approximate surface area is 426 Å². The number of amides is 2. The topological polar surface area (TPSA) is 150 Å². The van der Waals surface area contributed by atoms with Crippen LogP contribution in [0.2, 0.25) is 10.0 Å². The van der Waals surface area contributed by atoms with Gasteiger partial charge in [0.25, 0.3) is 0 Å². The summed E-state index contributed by atoms with van der Waals surface area (Å²) in [5.41, 5.74) is 5.97. The summed E-state index contributed by atoms with van der Waals surface area (Å²) in [4.78, 5) is 47.5. The number of methoxy groups -OCH3 is 1. The molecular weight excluding hydrogens is 992 g/mol. The van der Waals surface area contributed by atoms with Gasteiger partial charge in [-0.3, -0.25) is 9.59 Å². The van der Waals surface area contributed by atoms with Crippen LogP contribution < -0.4 is 20.1 Å². The van der Waals surface area contributed by atoms with E-state index in [4.69, 9.17) is 37.4 Å². The van der Waals surface area contributed by atoms with Crippen molar-refractivity contribution in [2.45, 2.75) is 40.9 Å². The number of carbonyl (C=O) groups is 4. The second kappa shape index (κ2) is 22.8. The Balaban J connectivity index is 0.000000214. The van der Waals surface area contributed by atoms with Crippen LogP contribution in [0.5, 0.6) is 11.5 Å². The lowest BCUT2D eigenvalue weighted by Gasteiger charge is -2.18. The van der Waals surface area contributed by atoms with E-state index in [9.17, 15) is 41.8 Å². The SMILES string of the molecule is CC(=O)Nc1ccc(-n2c(C)ccc2-c2cc(Cl)ccc2OCc2cccc(F)c2F)cc1C(=O)O.COC(=O)c1cc(-n2c(C)ccc2-c2cc(Cl)ccc2OCc2cccc(F)c2F)ccc1NC(C)=O. The van der Waals surface area contributed by atoms with Crippen molar-refractivity contribution in [2.24, 2.45) is 0 Å². The van der Waals surface area contributed by atoms with Gasteiger partial charge >= 0.3 is 11.9 Å². The third-order valence-corrected chi connectivity index (χ3v) is 11.7. The van der Waals surface area contributed by atoms with E-state index in [1.807, 2.05) is 47.2 Å². The van der Waals surface area contributed by atoms with Gasteiger partial charge in [-0.05, 0) is 123 Å². The van der Waals surface area contributed by atoms with Crippen molar-refractivity contribution in [3.63, 3.8) is 0 Å². The van der Waals surface area contributed by atoms with Crippen molar-refractivity contribution >= 4 is 58.3 Å². The summed E-state index contributed by atoms with van der Waals surface area (Å²) in [7, 11) is 1.26. The van der Waals surface area contributed by atoms with Gasteiger partial charge in [0.05, 0.1) is 41.0 Å². The van der Waals surface area contributed by atoms with Gasteiger partial charge in [-0.25, -0.2) is 27.2 Å². The van der Waals surface area contributed by atoms with Crippen molar-refractivity contribution in [2.75, 3.05) is 17.7 Å². The predicted molar refractivity (Wildman–Crippen MR) is 270 cm³/mol. The summed E-state index contributed by atoms with van der Waals surface area (Å²) in [6.07, 6.45) is 0. The molecule has 73 heavy (non-hydrogen) atoms. The van der Waals surface area contributed by atoms with E-state index < -0.39 is 41.1 Å². The standard InChI is InChI=1S/C28H23ClF2N2O4.C27H21ClF2N2O4/c1-16-7-11-25(33(16)20-9-10-24(32-17(2)34)21(14-20)28(35)36-3)22-13-19(29)8-12-26(22)37-15-18-5-4-6-23(30)27(18)31;1-15-6-10-24(32(15)19-8-9-23(31-16(2)33)20(13-19)27(34)35)21-12-18(28)7-11-25(21)36-14-17-4-3-5-22(29)26(17)30/h4-14H,15H2,1-3H3,(H,32,34);3-13H,14H2,1-2H3,(H,31,33)(H,34,35). The number of nitrogens with zero attached hydrogens (tertiary/aromatic N) is 2. The van der Waals surface area contributed by atoms with Crippen LogP contribution in [0, 0.1) is 37.1 Å². The molecule has 0 saturated carbocycles. The van der Waals surface area contributed by atoms with E-state index in [2.05, 4.69) is 10.6 Å². The first-order valence-electron chi connectivity index (χ1n) is 22.1. The molecule has 3 N–H and O–H groups in total. The Bertz CT molecular complexity index is 3430. The van der Waals surface area contributed by atoms with Crippen molar-refractivity contribution < 1.29 is 56.1 Å². The first kappa shape index (κ1) is 52.5. The Morgan fingerprint density at radius 2 is 0.986 bits per heavy atom. The Kier molecular flexibility index (Phi) is 16.4. The minimum Gasteiger partial charge on any atom is -0.488 e. The molecular formula is C55H44Cl2F4N4O8. The zero-order valence-corrected chi connectivity index (χ0v) is 41.1. The summed E-state index contributed by atoms with van der Waals surface area (Å²) in [6.45, 7) is 5.96. The summed E-state index contributed by atoms with van der Waals surface area (Å²) in [5.74, 6) is -5.62. The maximum atomic E-state index is 14.2. The number of nitrogens with one attached hydrogen (secondary N) is 2. The van der Waals surface area contributed by atoms with Gasteiger partial charge in [-0.2, -0.15) is 0 Å². The maximum absolute atomic E-state index is 14.2. The third kappa shape index (κ3) is 12.1. The molecule has 6 aromatic carbocycles. The highest BCUT2D eigenvalue weighted by Gasteiger charge is 2.22. The molecule has 374 valence electrons. The van der Waals surface area contributed by atoms with Crippen molar-refractivity contribution in [1.29, 1.82) is 0 Å². The molecule has 2 aromatic heterocycles. The molecule has 0 spiro atoms. The zero-order chi connectivity index (χ0) is 52.7. The van der Waals surface area contributed by atoms with Crippen molar-refractivity contribution in [3.8, 4) is 45.4 Å². The molecule has 0 fully saturated rings. The van der Waals surface area contributed by atoms with E-state index in [0.29, 0.717) is 61.1 Å². The van der Waals surface area contributed by atoms with E-state index in [1.165, 1.54) is 57.4 Å². The number of aromatic carboxylic acids is 1. The van der Waals surface area contributed by atoms with Crippen LogP contribution in [0.3, 0.4) is 0 Å². The molecule has 0 aliphatic heterocycles. The smallest absolute Gasteiger partial charge is 0.340 e. The van der Waals surface area contributed by atoms with E-state index in [1.54, 1.807) is 60.7 Å². The van der Waals surface area contributed by atoms with Crippen LogP contribution in [0.4, 0.5) is 28.9 Å². The molecule has 0 saturated heterocycles. The fourth-order valence-corrected chi connectivity index (χ4v) is 8.21. The number of carboxylic acid groups (broad SMARTS) is 1. The van der Waals surface area contributed by atoms with Crippen LogP contribution in [0.15, 0.2) is 133 Å². The Morgan fingerprint density at radius 3 is 1.40 bits per heavy atom. The molecule has 8 aromatic rings. The van der Waals surface area contributed by atoms with Gasteiger partial charge in [-0.15, -0.1) is 0 Å².